The van der Waals surface area contributed by atoms with Crippen LogP contribution in [0.3, 0.4) is 0 Å². The molecule has 0 saturated heterocycles. The van der Waals surface area contributed by atoms with Gasteiger partial charge in [0.05, 0.1) is 41.0 Å². The number of halogens is 1. The average molecular weight is 478 g/mol. The molecular formula is C28H19FN4O3. The number of rotatable bonds is 5. The van der Waals surface area contributed by atoms with Gasteiger partial charge in [0.1, 0.15) is 17.1 Å². The Hall–Kier alpha value is -4.98. The molecule has 6 rings (SSSR count). The lowest BCUT2D eigenvalue weighted by Gasteiger charge is -2.09. The summed E-state index contributed by atoms with van der Waals surface area (Å²) in [5.41, 5.74) is 1.71. The Balaban J connectivity index is 1.54. The molecule has 0 aliphatic rings. The molecule has 0 atom stereocenters. The van der Waals surface area contributed by atoms with Crippen LogP contribution < -0.4 is 10.3 Å². The second-order valence-electron chi connectivity index (χ2n) is 8.05. The first-order valence-electron chi connectivity index (χ1n) is 11.2. The Labute approximate surface area is 204 Å². The lowest BCUT2D eigenvalue weighted by atomic mass is 10.2. The second-order valence-corrected chi connectivity index (χ2v) is 8.05. The Morgan fingerprint density at radius 1 is 0.972 bits per heavy atom. The van der Waals surface area contributed by atoms with Crippen molar-refractivity contribution in [3.8, 4) is 23.0 Å². The summed E-state index contributed by atoms with van der Waals surface area (Å²) in [5.74, 6) is 0.865. The predicted octanol–water partition coefficient (Wildman–Crippen LogP) is 5.63. The molecule has 0 fully saturated rings. The Morgan fingerprint density at radius 2 is 1.81 bits per heavy atom. The van der Waals surface area contributed by atoms with Crippen LogP contribution >= 0.6 is 0 Å². The van der Waals surface area contributed by atoms with Crippen LogP contribution in [0, 0.1) is 5.82 Å². The van der Waals surface area contributed by atoms with E-state index in [9.17, 15) is 9.18 Å². The number of nitrogens with zero attached hydrogens (tertiary/aromatic N) is 4. The van der Waals surface area contributed by atoms with Crippen molar-refractivity contribution in [3.63, 3.8) is 0 Å². The van der Waals surface area contributed by atoms with E-state index in [-0.39, 0.29) is 17.2 Å². The standard InChI is InChI=1S/C28H19FN4O3/c1-35-24-13-6-14-25-20(24)16-26(36-25)27-31-22-11-4-2-9-19(22)28(34)33(27)30-17-18-8-7-15-32(18)23-12-5-3-10-21(23)29/h2-17H,1H3. The van der Waals surface area contributed by atoms with Crippen LogP contribution in [0.5, 0.6) is 5.75 Å². The van der Waals surface area contributed by atoms with Crippen LogP contribution in [0.25, 0.3) is 39.1 Å². The summed E-state index contributed by atoms with van der Waals surface area (Å²) >= 11 is 0. The highest BCUT2D eigenvalue weighted by molar-refractivity contribution is 5.88. The van der Waals surface area contributed by atoms with Gasteiger partial charge in [0, 0.05) is 6.20 Å². The summed E-state index contributed by atoms with van der Waals surface area (Å²) in [7, 11) is 1.58. The maximum Gasteiger partial charge on any atom is 0.282 e. The molecule has 0 amide bonds. The minimum absolute atomic E-state index is 0.234. The predicted molar refractivity (Wildman–Crippen MR) is 136 cm³/mol. The molecule has 3 heterocycles. The number of hydrogen-bond donors (Lipinski definition) is 0. The summed E-state index contributed by atoms with van der Waals surface area (Å²) in [4.78, 5) is 18.2. The van der Waals surface area contributed by atoms with E-state index in [1.165, 1.54) is 17.0 Å². The van der Waals surface area contributed by atoms with Gasteiger partial charge in [-0.15, -0.1) is 0 Å². The van der Waals surface area contributed by atoms with Crippen molar-refractivity contribution in [2.24, 2.45) is 5.10 Å². The summed E-state index contributed by atoms with van der Waals surface area (Å²) < 4.78 is 28.8. The normalized spacial score (nSPS) is 11.6. The third-order valence-electron chi connectivity index (χ3n) is 5.91. The molecule has 176 valence electrons. The zero-order valence-electron chi connectivity index (χ0n) is 19.1. The molecule has 3 aromatic carbocycles. The van der Waals surface area contributed by atoms with Crippen molar-refractivity contribution in [2.45, 2.75) is 0 Å². The fraction of sp³-hybridized carbons (Fsp3) is 0.0357. The summed E-state index contributed by atoms with van der Waals surface area (Å²) in [5, 5.41) is 5.65. The van der Waals surface area contributed by atoms with Crippen LogP contribution in [0.1, 0.15) is 5.69 Å². The van der Waals surface area contributed by atoms with Gasteiger partial charge in [0.15, 0.2) is 5.76 Å². The SMILES string of the molecule is COc1cccc2oc(-c3nc4ccccc4c(=O)n3N=Cc3cccn3-c3ccccc3F)cc12. The van der Waals surface area contributed by atoms with E-state index in [2.05, 4.69) is 5.10 Å². The lowest BCUT2D eigenvalue weighted by Crippen LogP contribution is -2.20. The average Bonchev–Trinajstić information content (AvgIpc) is 3.55. The summed E-state index contributed by atoms with van der Waals surface area (Å²) in [6, 6.07) is 24.3. The van der Waals surface area contributed by atoms with Gasteiger partial charge in [-0.3, -0.25) is 4.79 Å². The van der Waals surface area contributed by atoms with Gasteiger partial charge >= 0.3 is 0 Å². The van der Waals surface area contributed by atoms with Gasteiger partial charge < -0.3 is 13.7 Å². The van der Waals surface area contributed by atoms with Crippen LogP contribution in [0.2, 0.25) is 0 Å². The molecule has 3 aromatic heterocycles. The Bertz CT molecular complexity index is 1830. The van der Waals surface area contributed by atoms with Crippen LogP contribution in [0.4, 0.5) is 4.39 Å². The number of aromatic nitrogens is 3. The van der Waals surface area contributed by atoms with Crippen LogP contribution in [-0.4, -0.2) is 27.6 Å². The number of hydrogen-bond acceptors (Lipinski definition) is 5. The van der Waals surface area contributed by atoms with Crippen molar-refractivity contribution in [2.75, 3.05) is 7.11 Å². The van der Waals surface area contributed by atoms with Gasteiger partial charge in [-0.2, -0.15) is 9.78 Å². The molecule has 0 radical (unpaired) electrons. The smallest absolute Gasteiger partial charge is 0.282 e. The highest BCUT2D eigenvalue weighted by Gasteiger charge is 2.18. The number of para-hydroxylation sites is 2. The van der Waals surface area contributed by atoms with Gasteiger partial charge in [-0.25, -0.2) is 9.37 Å². The second kappa shape index (κ2) is 8.66. The highest BCUT2D eigenvalue weighted by Crippen LogP contribution is 2.32. The van der Waals surface area contributed by atoms with E-state index >= 15 is 0 Å². The van der Waals surface area contributed by atoms with Crippen molar-refractivity contribution < 1.29 is 13.5 Å². The van der Waals surface area contributed by atoms with Crippen molar-refractivity contribution in [1.82, 2.24) is 14.2 Å². The fourth-order valence-electron chi connectivity index (χ4n) is 4.20. The highest BCUT2D eigenvalue weighted by atomic mass is 19.1. The third kappa shape index (κ3) is 3.56. The summed E-state index contributed by atoms with van der Waals surface area (Å²) in [6.07, 6.45) is 3.23. The summed E-state index contributed by atoms with van der Waals surface area (Å²) in [6.45, 7) is 0. The first kappa shape index (κ1) is 21.5. The maximum atomic E-state index is 14.4. The fourth-order valence-corrected chi connectivity index (χ4v) is 4.20. The first-order valence-corrected chi connectivity index (χ1v) is 11.2. The molecule has 0 unspecified atom stereocenters. The Morgan fingerprint density at radius 3 is 2.67 bits per heavy atom. The number of ether oxygens (including phenoxy) is 1. The maximum absolute atomic E-state index is 14.4. The number of fused-ring (bicyclic) bond motifs is 2. The van der Waals surface area contributed by atoms with Gasteiger partial charge in [0.2, 0.25) is 5.82 Å². The largest absolute Gasteiger partial charge is 0.496 e. The first-order chi connectivity index (χ1) is 17.6. The van der Waals surface area contributed by atoms with Crippen molar-refractivity contribution in [1.29, 1.82) is 0 Å². The molecule has 0 saturated carbocycles. The zero-order chi connectivity index (χ0) is 24.6. The van der Waals surface area contributed by atoms with E-state index < -0.39 is 0 Å². The molecule has 36 heavy (non-hydrogen) atoms. The van der Waals surface area contributed by atoms with Gasteiger partial charge in [-0.1, -0.05) is 30.3 Å². The zero-order valence-corrected chi connectivity index (χ0v) is 19.1. The molecule has 0 aliphatic carbocycles. The molecule has 6 aromatic rings. The van der Waals surface area contributed by atoms with Gasteiger partial charge in [0.25, 0.3) is 5.56 Å². The van der Waals surface area contributed by atoms with E-state index in [4.69, 9.17) is 14.1 Å². The van der Waals surface area contributed by atoms with Gasteiger partial charge in [-0.05, 0) is 54.6 Å². The molecule has 7 nitrogen and oxygen atoms in total. The number of benzene rings is 3. The van der Waals surface area contributed by atoms with Crippen LogP contribution in [-0.2, 0) is 0 Å². The molecule has 0 spiro atoms. The molecule has 0 N–H and O–H groups in total. The van der Waals surface area contributed by atoms with Crippen LogP contribution in [0.15, 0.2) is 105 Å². The number of methoxy groups -OCH3 is 1. The number of furan rings is 1. The molecule has 8 heteroatoms. The molecule has 0 aliphatic heterocycles. The topological polar surface area (TPSA) is 74.6 Å². The van der Waals surface area contributed by atoms with E-state index in [1.807, 2.05) is 24.3 Å². The van der Waals surface area contributed by atoms with E-state index in [0.29, 0.717) is 39.4 Å². The molecular weight excluding hydrogens is 459 g/mol. The van der Waals surface area contributed by atoms with Crippen molar-refractivity contribution >= 4 is 28.1 Å². The Kier molecular flexibility index (Phi) is 5.19. The van der Waals surface area contributed by atoms with Crippen molar-refractivity contribution in [3.05, 3.63) is 113 Å². The molecule has 0 bridgehead atoms. The minimum atomic E-state index is -0.371. The third-order valence-corrected chi connectivity index (χ3v) is 5.91. The minimum Gasteiger partial charge on any atom is -0.496 e. The van der Waals surface area contributed by atoms with E-state index in [1.54, 1.807) is 72.5 Å². The monoisotopic (exact) mass is 478 g/mol. The lowest BCUT2D eigenvalue weighted by molar-refractivity contribution is 0.419. The quantitative estimate of drug-likeness (QED) is 0.301. The van der Waals surface area contributed by atoms with E-state index in [0.717, 1.165) is 5.39 Å².